The molecule has 0 aliphatic heterocycles. The van der Waals surface area contributed by atoms with Crippen LogP contribution in [-0.2, 0) is 0 Å². The van der Waals surface area contributed by atoms with E-state index in [2.05, 4.69) is 11.8 Å². The smallest absolute Gasteiger partial charge is 0.0558 e. The highest BCUT2D eigenvalue weighted by atomic mass is 16.3. The average Bonchev–Trinajstić information content (AvgIpc) is 2.98. The zero-order chi connectivity index (χ0) is 30.8. The molecule has 0 aliphatic rings. The summed E-state index contributed by atoms with van der Waals surface area (Å²) < 4.78 is 0. The van der Waals surface area contributed by atoms with E-state index >= 15 is 0 Å². The molecular formula is C38H79NO3. The van der Waals surface area contributed by atoms with Crippen molar-refractivity contribution >= 4 is 0 Å². The first-order chi connectivity index (χ1) is 20.6. The minimum absolute atomic E-state index is 0.143. The van der Waals surface area contributed by atoms with Gasteiger partial charge in [0.05, 0.1) is 19.3 Å². The van der Waals surface area contributed by atoms with Gasteiger partial charge in [-0.1, -0.05) is 174 Å². The van der Waals surface area contributed by atoms with E-state index in [0.717, 1.165) is 18.9 Å². The minimum atomic E-state index is -0.143. The molecule has 0 amide bonds. The third-order valence-electron chi connectivity index (χ3n) is 9.38. The van der Waals surface area contributed by atoms with E-state index in [1.807, 2.05) is 6.92 Å². The van der Waals surface area contributed by atoms with E-state index in [1.165, 1.54) is 180 Å². The molecular weight excluding hydrogens is 518 g/mol. The van der Waals surface area contributed by atoms with Gasteiger partial charge in [-0.15, -0.1) is 0 Å². The molecule has 3 N–H and O–H groups in total. The lowest BCUT2D eigenvalue weighted by Gasteiger charge is -2.19. The Bertz CT molecular complexity index is 481. The topological polar surface area (TPSA) is 63.9 Å². The fraction of sp³-hybridized carbons (Fsp3) is 1.00. The van der Waals surface area contributed by atoms with Crippen LogP contribution in [0, 0.1) is 5.92 Å². The van der Waals surface area contributed by atoms with Gasteiger partial charge < -0.3 is 15.3 Å². The number of aliphatic hydroxyl groups excluding tert-OH is 3. The zero-order valence-electron chi connectivity index (χ0n) is 29.0. The lowest BCUT2D eigenvalue weighted by molar-refractivity contribution is 0.159. The van der Waals surface area contributed by atoms with E-state index in [9.17, 15) is 5.11 Å². The van der Waals surface area contributed by atoms with Crippen molar-refractivity contribution in [3.8, 4) is 0 Å². The number of unbranched alkanes of at least 4 members (excludes halogenated alkanes) is 23. The van der Waals surface area contributed by atoms with E-state index < -0.39 is 0 Å². The predicted octanol–water partition coefficient (Wildman–Crippen LogP) is 10.6. The van der Waals surface area contributed by atoms with Gasteiger partial charge in [0.15, 0.2) is 0 Å². The molecule has 254 valence electrons. The Labute approximate surface area is 264 Å². The van der Waals surface area contributed by atoms with Crippen LogP contribution in [0.3, 0.4) is 0 Å². The van der Waals surface area contributed by atoms with Gasteiger partial charge in [-0.3, -0.25) is 4.90 Å². The van der Waals surface area contributed by atoms with Crippen molar-refractivity contribution in [3.05, 3.63) is 0 Å². The van der Waals surface area contributed by atoms with Crippen LogP contribution in [0.4, 0.5) is 0 Å². The van der Waals surface area contributed by atoms with Crippen molar-refractivity contribution in [2.75, 3.05) is 32.8 Å². The molecule has 4 heteroatoms. The van der Waals surface area contributed by atoms with Gasteiger partial charge >= 0.3 is 0 Å². The van der Waals surface area contributed by atoms with E-state index in [0.29, 0.717) is 13.1 Å². The van der Waals surface area contributed by atoms with E-state index in [-0.39, 0.29) is 19.3 Å². The SMILES string of the molecule is CCCCCCCCCCCCCCCCC(CCCCCCCCCCCCCN(CCO)CCO)CCC(C)O. The van der Waals surface area contributed by atoms with Crippen molar-refractivity contribution in [1.29, 1.82) is 0 Å². The highest BCUT2D eigenvalue weighted by Crippen LogP contribution is 2.24. The molecule has 42 heavy (non-hydrogen) atoms. The molecule has 0 fully saturated rings. The number of aliphatic hydroxyl groups is 3. The van der Waals surface area contributed by atoms with Crippen LogP contribution in [0.1, 0.15) is 200 Å². The van der Waals surface area contributed by atoms with Crippen molar-refractivity contribution in [2.24, 2.45) is 5.92 Å². The number of hydrogen-bond donors (Lipinski definition) is 3. The van der Waals surface area contributed by atoms with E-state index in [4.69, 9.17) is 10.2 Å². The summed E-state index contributed by atoms with van der Waals surface area (Å²) in [7, 11) is 0. The summed E-state index contributed by atoms with van der Waals surface area (Å²) in [6.45, 7) is 6.98. The minimum Gasteiger partial charge on any atom is -0.395 e. The predicted molar refractivity (Wildman–Crippen MR) is 185 cm³/mol. The lowest BCUT2D eigenvalue weighted by atomic mass is 9.89. The van der Waals surface area contributed by atoms with Crippen molar-refractivity contribution in [1.82, 2.24) is 4.90 Å². The van der Waals surface area contributed by atoms with Crippen molar-refractivity contribution in [3.63, 3.8) is 0 Å². The summed E-state index contributed by atoms with van der Waals surface area (Å²) in [5.41, 5.74) is 0. The Morgan fingerprint density at radius 3 is 1.07 bits per heavy atom. The highest BCUT2D eigenvalue weighted by molar-refractivity contribution is 4.64. The maximum absolute atomic E-state index is 9.81. The highest BCUT2D eigenvalue weighted by Gasteiger charge is 2.10. The van der Waals surface area contributed by atoms with E-state index in [1.54, 1.807) is 0 Å². The summed E-state index contributed by atoms with van der Waals surface area (Å²) in [6, 6.07) is 0. The molecule has 0 aromatic heterocycles. The number of nitrogens with zero attached hydrogens (tertiary/aromatic N) is 1. The second-order valence-electron chi connectivity index (χ2n) is 13.6. The van der Waals surface area contributed by atoms with Gasteiger partial charge in [0.2, 0.25) is 0 Å². The first-order valence-electron chi connectivity index (χ1n) is 19.3. The average molecular weight is 598 g/mol. The molecule has 0 spiro atoms. The first-order valence-corrected chi connectivity index (χ1v) is 19.3. The van der Waals surface area contributed by atoms with Crippen LogP contribution < -0.4 is 0 Å². The Kier molecular flexibility index (Phi) is 35.2. The Morgan fingerprint density at radius 1 is 0.405 bits per heavy atom. The molecule has 0 rings (SSSR count). The molecule has 0 heterocycles. The fourth-order valence-corrected chi connectivity index (χ4v) is 6.52. The Morgan fingerprint density at radius 2 is 0.738 bits per heavy atom. The largest absolute Gasteiger partial charge is 0.395 e. The third kappa shape index (κ3) is 32.7. The van der Waals surface area contributed by atoms with Crippen LogP contribution in [0.2, 0.25) is 0 Å². The molecule has 0 saturated heterocycles. The molecule has 0 saturated carbocycles. The van der Waals surface area contributed by atoms with Crippen molar-refractivity contribution in [2.45, 2.75) is 206 Å². The summed E-state index contributed by atoms with van der Waals surface area (Å²) in [5, 5.41) is 28.0. The van der Waals surface area contributed by atoms with Crippen LogP contribution in [-0.4, -0.2) is 59.2 Å². The summed E-state index contributed by atoms with van der Waals surface area (Å²) in [4.78, 5) is 2.16. The molecule has 2 unspecified atom stereocenters. The monoisotopic (exact) mass is 598 g/mol. The summed E-state index contributed by atoms with van der Waals surface area (Å²) >= 11 is 0. The fourth-order valence-electron chi connectivity index (χ4n) is 6.52. The van der Waals surface area contributed by atoms with Gasteiger partial charge in [0.1, 0.15) is 0 Å². The second-order valence-corrected chi connectivity index (χ2v) is 13.6. The zero-order valence-corrected chi connectivity index (χ0v) is 29.0. The second kappa shape index (κ2) is 35.3. The van der Waals surface area contributed by atoms with Crippen LogP contribution in [0.5, 0.6) is 0 Å². The van der Waals surface area contributed by atoms with Crippen molar-refractivity contribution < 1.29 is 15.3 Å². The molecule has 2 atom stereocenters. The molecule has 0 aliphatic carbocycles. The number of hydrogen-bond acceptors (Lipinski definition) is 4. The first kappa shape index (κ1) is 41.8. The van der Waals surface area contributed by atoms with Gasteiger partial charge in [-0.25, -0.2) is 0 Å². The van der Waals surface area contributed by atoms with Gasteiger partial charge in [-0.2, -0.15) is 0 Å². The van der Waals surface area contributed by atoms with Crippen LogP contribution in [0.15, 0.2) is 0 Å². The summed E-state index contributed by atoms with van der Waals surface area (Å²) in [6.07, 6.45) is 39.7. The summed E-state index contributed by atoms with van der Waals surface area (Å²) in [5.74, 6) is 0.830. The standard InChI is InChI=1S/C38H79NO3/c1-3-4-5-6-7-8-9-10-11-13-16-19-22-25-28-38(31-30-37(2)42)29-26-23-20-17-14-12-15-18-21-24-27-32-39(33-35-40)34-36-41/h37-38,40-42H,3-36H2,1-2H3. The van der Waals surface area contributed by atoms with Gasteiger partial charge in [-0.05, 0) is 38.6 Å². The Balaban J connectivity index is 3.62. The van der Waals surface area contributed by atoms with Crippen LogP contribution >= 0.6 is 0 Å². The quantitative estimate of drug-likeness (QED) is 0.0629. The molecule has 0 radical (unpaired) electrons. The van der Waals surface area contributed by atoms with Crippen LogP contribution in [0.25, 0.3) is 0 Å². The van der Waals surface area contributed by atoms with Gasteiger partial charge in [0.25, 0.3) is 0 Å². The normalized spacial score (nSPS) is 13.3. The Hall–Kier alpha value is -0.160. The van der Waals surface area contributed by atoms with Gasteiger partial charge in [0, 0.05) is 13.1 Å². The molecule has 0 bridgehead atoms. The third-order valence-corrected chi connectivity index (χ3v) is 9.38. The number of rotatable bonds is 36. The molecule has 0 aromatic rings. The molecule has 4 nitrogen and oxygen atoms in total. The maximum Gasteiger partial charge on any atom is 0.0558 e. The maximum atomic E-state index is 9.81. The molecule has 0 aromatic carbocycles. The lowest BCUT2D eigenvalue weighted by Crippen LogP contribution is -2.30.